The van der Waals surface area contributed by atoms with Crippen LogP contribution in [0.25, 0.3) is 0 Å². The van der Waals surface area contributed by atoms with Crippen molar-refractivity contribution in [1.29, 1.82) is 0 Å². The largest absolute Gasteiger partial charge is 0.508 e. The van der Waals surface area contributed by atoms with Crippen molar-refractivity contribution >= 4 is 11.7 Å². The van der Waals surface area contributed by atoms with Gasteiger partial charge in [0.2, 0.25) is 0 Å². The molecule has 1 aromatic rings. The zero-order valence-corrected chi connectivity index (χ0v) is 10.9. The topological polar surface area (TPSA) is 61.4 Å². The summed E-state index contributed by atoms with van der Waals surface area (Å²) >= 11 is 0. The smallest absolute Gasteiger partial charge is 0.323 e. The van der Waals surface area contributed by atoms with Gasteiger partial charge >= 0.3 is 6.03 Å². The number of carbonyl (C=O) groups is 1. The number of anilines is 1. The number of hydrogen-bond donors (Lipinski definition) is 3. The lowest BCUT2D eigenvalue weighted by molar-refractivity contribution is 0.255. The van der Waals surface area contributed by atoms with Gasteiger partial charge in [-0.05, 0) is 30.9 Å². The summed E-state index contributed by atoms with van der Waals surface area (Å²) in [7, 11) is 0. The van der Waals surface area contributed by atoms with Gasteiger partial charge in [-0.15, -0.1) is 0 Å². The number of phenolic OH excluding ortho intramolecular Hbond substituents is 1. The Kier molecular flexibility index (Phi) is 4.84. The summed E-state index contributed by atoms with van der Waals surface area (Å²) in [5.74, 6) is 0.727. The molecule has 0 aromatic heterocycles. The van der Waals surface area contributed by atoms with Crippen molar-refractivity contribution in [3.05, 3.63) is 36.5 Å². The van der Waals surface area contributed by atoms with Crippen LogP contribution in [-0.2, 0) is 0 Å². The van der Waals surface area contributed by atoms with E-state index in [4.69, 9.17) is 0 Å². The van der Waals surface area contributed by atoms with E-state index in [0.717, 1.165) is 0 Å². The lowest BCUT2D eigenvalue weighted by Gasteiger charge is -2.17. The first-order valence-corrected chi connectivity index (χ1v) is 6.77. The molecule has 1 fully saturated rings. The maximum Gasteiger partial charge on any atom is 0.323 e. The van der Waals surface area contributed by atoms with Gasteiger partial charge in [0.05, 0.1) is 0 Å². The average molecular weight is 260 g/mol. The molecule has 1 aliphatic carbocycles. The van der Waals surface area contributed by atoms with Crippen molar-refractivity contribution in [1.82, 2.24) is 5.32 Å². The van der Waals surface area contributed by atoms with E-state index in [1.54, 1.807) is 24.4 Å². The summed E-state index contributed by atoms with van der Waals surface area (Å²) in [6.07, 6.45) is 10.1. The molecule has 2 amide bonds. The van der Waals surface area contributed by atoms with Crippen molar-refractivity contribution in [3.8, 4) is 5.75 Å². The average Bonchev–Trinajstić information content (AvgIpc) is 2.40. The Morgan fingerprint density at radius 3 is 2.79 bits per heavy atom. The van der Waals surface area contributed by atoms with Crippen LogP contribution in [0.5, 0.6) is 5.75 Å². The molecule has 4 nitrogen and oxygen atoms in total. The van der Waals surface area contributed by atoms with Gasteiger partial charge in [-0.1, -0.05) is 31.4 Å². The molecule has 0 bridgehead atoms. The Hall–Kier alpha value is -1.97. The summed E-state index contributed by atoms with van der Waals surface area (Å²) in [5.41, 5.74) is 0.573. The number of benzene rings is 1. The molecule has 0 spiro atoms. The van der Waals surface area contributed by atoms with Gasteiger partial charge in [-0.25, -0.2) is 4.79 Å². The highest BCUT2D eigenvalue weighted by Gasteiger charge is 2.09. The minimum atomic E-state index is -0.294. The molecule has 19 heavy (non-hydrogen) atoms. The number of phenols is 1. The monoisotopic (exact) mass is 260 g/mol. The van der Waals surface area contributed by atoms with Crippen molar-refractivity contribution in [2.45, 2.75) is 32.1 Å². The van der Waals surface area contributed by atoms with E-state index in [1.165, 1.54) is 38.2 Å². The predicted molar refractivity (Wildman–Crippen MR) is 76.0 cm³/mol. The maximum absolute atomic E-state index is 11.6. The molecule has 1 saturated carbocycles. The highest BCUT2D eigenvalue weighted by Crippen LogP contribution is 2.24. The highest BCUT2D eigenvalue weighted by atomic mass is 16.3. The molecule has 0 radical (unpaired) electrons. The normalized spacial score (nSPS) is 16.4. The molecule has 1 aliphatic rings. The fourth-order valence-electron chi connectivity index (χ4n) is 2.34. The number of aromatic hydroxyl groups is 1. The van der Waals surface area contributed by atoms with E-state index in [9.17, 15) is 9.90 Å². The lowest BCUT2D eigenvalue weighted by Crippen LogP contribution is -2.24. The molecular formula is C15H20N2O2. The van der Waals surface area contributed by atoms with E-state index in [-0.39, 0.29) is 11.8 Å². The SMILES string of the molecule is O=C(N/C=C/C1CCCCC1)Nc1cccc(O)c1. The van der Waals surface area contributed by atoms with E-state index in [2.05, 4.69) is 16.7 Å². The summed E-state index contributed by atoms with van der Waals surface area (Å²) < 4.78 is 0. The fraction of sp³-hybridized carbons (Fsp3) is 0.400. The zero-order chi connectivity index (χ0) is 13.5. The molecular weight excluding hydrogens is 240 g/mol. The summed E-state index contributed by atoms with van der Waals surface area (Å²) in [6, 6.07) is 6.18. The van der Waals surface area contributed by atoms with E-state index >= 15 is 0 Å². The molecule has 0 saturated heterocycles. The Bertz CT molecular complexity index is 451. The first-order valence-electron chi connectivity index (χ1n) is 6.77. The molecule has 0 aliphatic heterocycles. The van der Waals surface area contributed by atoms with Gasteiger partial charge in [0.25, 0.3) is 0 Å². The van der Waals surface area contributed by atoms with Crippen molar-refractivity contribution in [2.24, 2.45) is 5.92 Å². The van der Waals surface area contributed by atoms with Crippen LogP contribution in [0, 0.1) is 5.92 Å². The number of nitrogens with one attached hydrogen (secondary N) is 2. The van der Waals surface area contributed by atoms with Crippen LogP contribution in [0.2, 0.25) is 0 Å². The first-order chi connectivity index (χ1) is 9.24. The van der Waals surface area contributed by atoms with Crippen LogP contribution in [-0.4, -0.2) is 11.1 Å². The van der Waals surface area contributed by atoms with E-state index < -0.39 is 0 Å². The van der Waals surface area contributed by atoms with Crippen LogP contribution in [0.3, 0.4) is 0 Å². The van der Waals surface area contributed by atoms with Gasteiger partial charge in [-0.2, -0.15) is 0 Å². The second-order valence-electron chi connectivity index (χ2n) is 4.91. The number of amides is 2. The van der Waals surface area contributed by atoms with Gasteiger partial charge < -0.3 is 15.7 Å². The first kappa shape index (κ1) is 13.5. The summed E-state index contributed by atoms with van der Waals surface area (Å²) in [6.45, 7) is 0. The standard InChI is InChI=1S/C15H20N2O2/c18-14-8-4-7-13(11-14)17-15(19)16-10-9-12-5-2-1-3-6-12/h4,7-12,18H,1-3,5-6H2,(H2,16,17,19)/b10-9+. The van der Waals surface area contributed by atoms with Gasteiger partial charge in [0.15, 0.2) is 0 Å². The molecule has 1 aromatic carbocycles. The minimum Gasteiger partial charge on any atom is -0.508 e. The van der Waals surface area contributed by atoms with E-state index in [0.29, 0.717) is 11.6 Å². The van der Waals surface area contributed by atoms with Gasteiger partial charge in [0.1, 0.15) is 5.75 Å². The second kappa shape index (κ2) is 6.83. The Morgan fingerprint density at radius 1 is 1.26 bits per heavy atom. The third kappa shape index (κ3) is 4.66. The van der Waals surface area contributed by atoms with Gasteiger partial charge in [0, 0.05) is 18.0 Å². The van der Waals surface area contributed by atoms with Gasteiger partial charge in [-0.3, -0.25) is 0 Å². The lowest BCUT2D eigenvalue weighted by atomic mass is 9.89. The van der Waals surface area contributed by atoms with E-state index in [1.807, 2.05) is 0 Å². The number of hydrogen-bond acceptors (Lipinski definition) is 2. The van der Waals surface area contributed by atoms with Crippen molar-refractivity contribution in [2.75, 3.05) is 5.32 Å². The molecule has 2 rings (SSSR count). The maximum atomic E-state index is 11.6. The number of carbonyl (C=O) groups excluding carboxylic acids is 1. The predicted octanol–water partition coefficient (Wildman–Crippen LogP) is 3.61. The molecule has 102 valence electrons. The van der Waals surface area contributed by atoms with Crippen molar-refractivity contribution in [3.63, 3.8) is 0 Å². The zero-order valence-electron chi connectivity index (χ0n) is 10.9. The van der Waals surface area contributed by atoms with Crippen LogP contribution in [0.4, 0.5) is 10.5 Å². The Morgan fingerprint density at radius 2 is 2.05 bits per heavy atom. The number of urea groups is 1. The Labute approximate surface area is 113 Å². The van der Waals surface area contributed by atoms with Crippen LogP contribution in [0.1, 0.15) is 32.1 Å². The highest BCUT2D eigenvalue weighted by molar-refractivity contribution is 5.90. The molecule has 0 unspecified atom stereocenters. The number of rotatable bonds is 3. The minimum absolute atomic E-state index is 0.135. The summed E-state index contributed by atoms with van der Waals surface area (Å²) in [4.78, 5) is 11.6. The van der Waals surface area contributed by atoms with Crippen LogP contribution < -0.4 is 10.6 Å². The Balaban J connectivity index is 1.76. The molecule has 4 heteroatoms. The summed E-state index contributed by atoms with van der Waals surface area (Å²) in [5, 5.41) is 14.6. The quantitative estimate of drug-likeness (QED) is 0.777. The third-order valence-electron chi connectivity index (χ3n) is 3.34. The third-order valence-corrected chi connectivity index (χ3v) is 3.34. The molecule has 0 heterocycles. The van der Waals surface area contributed by atoms with Crippen LogP contribution >= 0.6 is 0 Å². The second-order valence-corrected chi connectivity index (χ2v) is 4.91. The number of allylic oxidation sites excluding steroid dienone is 1. The molecule has 3 N–H and O–H groups in total. The fourth-order valence-corrected chi connectivity index (χ4v) is 2.34. The molecule has 0 atom stereocenters. The van der Waals surface area contributed by atoms with Crippen molar-refractivity contribution < 1.29 is 9.90 Å². The van der Waals surface area contributed by atoms with Crippen LogP contribution in [0.15, 0.2) is 36.5 Å².